The third-order valence-electron chi connectivity index (χ3n) is 5.45. The van der Waals surface area contributed by atoms with Crippen LogP contribution in [0.2, 0.25) is 0 Å². The second-order valence-corrected chi connectivity index (χ2v) is 7.43. The van der Waals surface area contributed by atoms with Gasteiger partial charge in [-0.25, -0.2) is 8.78 Å². The van der Waals surface area contributed by atoms with E-state index in [1.807, 2.05) is 24.3 Å². The van der Waals surface area contributed by atoms with Gasteiger partial charge >= 0.3 is 0 Å². The molecule has 1 saturated heterocycles. The third kappa shape index (κ3) is 3.73. The predicted molar refractivity (Wildman–Crippen MR) is 97.3 cm³/mol. The number of carbonyl (C=O) groups is 1. The number of aromatic nitrogens is 2. The average Bonchev–Trinajstić information content (AvgIpc) is 3.03. The number of hydrogen-bond acceptors (Lipinski definition) is 4. The van der Waals surface area contributed by atoms with Crippen LogP contribution in [0.1, 0.15) is 48.7 Å². The fourth-order valence-electron chi connectivity index (χ4n) is 3.97. The number of rotatable bonds is 4. The van der Waals surface area contributed by atoms with E-state index in [0.29, 0.717) is 25.3 Å². The van der Waals surface area contributed by atoms with Crippen LogP contribution < -0.4 is 10.1 Å². The van der Waals surface area contributed by atoms with Gasteiger partial charge in [0, 0.05) is 30.5 Å². The van der Waals surface area contributed by atoms with Crippen LogP contribution in [-0.2, 0) is 16.1 Å². The summed E-state index contributed by atoms with van der Waals surface area (Å²) in [5.74, 6) is 0.507. The standard InChI is InChI=1S/C20H23F2N3O3/c1-13-10-15(19(21)22)24-25(13)12-18(26)23-16-11-20(6-8-27-9-7-20)28-17-5-3-2-4-14(16)17/h2-5,10,16,19H,6-9,11-12H2,1H3,(H,23,26). The van der Waals surface area contributed by atoms with Crippen LogP contribution in [0.25, 0.3) is 0 Å². The van der Waals surface area contributed by atoms with E-state index in [0.717, 1.165) is 24.2 Å². The molecule has 1 aromatic heterocycles. The summed E-state index contributed by atoms with van der Waals surface area (Å²) < 4.78 is 38.8. The first-order chi connectivity index (χ1) is 13.5. The molecular formula is C20H23F2N3O3. The first-order valence-corrected chi connectivity index (χ1v) is 9.43. The van der Waals surface area contributed by atoms with Crippen LogP contribution in [-0.4, -0.2) is 34.5 Å². The van der Waals surface area contributed by atoms with Gasteiger partial charge in [0.15, 0.2) is 0 Å². The normalized spacial score (nSPS) is 20.6. The van der Waals surface area contributed by atoms with E-state index >= 15 is 0 Å². The van der Waals surface area contributed by atoms with E-state index in [1.165, 1.54) is 10.7 Å². The predicted octanol–water partition coefficient (Wildman–Crippen LogP) is 3.32. The minimum atomic E-state index is -2.65. The average molecular weight is 391 g/mol. The maximum atomic E-state index is 12.8. The van der Waals surface area contributed by atoms with E-state index in [1.54, 1.807) is 6.92 Å². The molecule has 1 amide bonds. The zero-order valence-electron chi connectivity index (χ0n) is 15.7. The molecule has 2 aliphatic rings. The Labute approximate surface area is 161 Å². The number of nitrogens with zero attached hydrogens (tertiary/aromatic N) is 2. The van der Waals surface area contributed by atoms with Crippen molar-refractivity contribution in [3.05, 3.63) is 47.3 Å². The molecule has 150 valence electrons. The van der Waals surface area contributed by atoms with Crippen LogP contribution in [0.5, 0.6) is 5.75 Å². The monoisotopic (exact) mass is 391 g/mol. The number of benzene rings is 1. The van der Waals surface area contributed by atoms with Crippen molar-refractivity contribution in [1.29, 1.82) is 0 Å². The van der Waals surface area contributed by atoms with E-state index in [2.05, 4.69) is 10.4 Å². The first kappa shape index (κ1) is 18.9. The van der Waals surface area contributed by atoms with Crippen molar-refractivity contribution in [3.63, 3.8) is 0 Å². The van der Waals surface area contributed by atoms with Gasteiger partial charge in [-0.1, -0.05) is 18.2 Å². The molecule has 8 heteroatoms. The Bertz CT molecular complexity index is 862. The summed E-state index contributed by atoms with van der Waals surface area (Å²) in [4.78, 5) is 12.7. The minimum Gasteiger partial charge on any atom is -0.487 e. The maximum Gasteiger partial charge on any atom is 0.282 e. The van der Waals surface area contributed by atoms with Gasteiger partial charge in [0.25, 0.3) is 6.43 Å². The van der Waals surface area contributed by atoms with Crippen LogP contribution >= 0.6 is 0 Å². The van der Waals surface area contributed by atoms with Crippen molar-refractivity contribution in [2.75, 3.05) is 13.2 Å². The van der Waals surface area contributed by atoms with E-state index in [-0.39, 0.29) is 29.8 Å². The summed E-state index contributed by atoms with van der Waals surface area (Å²) in [6.07, 6.45) is -0.467. The topological polar surface area (TPSA) is 65.4 Å². The van der Waals surface area contributed by atoms with Crippen LogP contribution in [0.4, 0.5) is 8.78 Å². The van der Waals surface area contributed by atoms with Gasteiger partial charge in [0.05, 0.1) is 19.3 Å². The highest BCUT2D eigenvalue weighted by Crippen LogP contribution is 2.43. The van der Waals surface area contributed by atoms with Crippen molar-refractivity contribution in [2.45, 2.75) is 50.8 Å². The lowest BCUT2D eigenvalue weighted by atomic mass is 9.82. The fourth-order valence-corrected chi connectivity index (χ4v) is 3.97. The second kappa shape index (κ2) is 7.50. The third-order valence-corrected chi connectivity index (χ3v) is 5.45. The fraction of sp³-hybridized carbons (Fsp3) is 0.500. The lowest BCUT2D eigenvalue weighted by Gasteiger charge is -2.44. The van der Waals surface area contributed by atoms with E-state index in [4.69, 9.17) is 9.47 Å². The zero-order valence-corrected chi connectivity index (χ0v) is 15.7. The highest BCUT2D eigenvalue weighted by molar-refractivity contribution is 5.76. The molecule has 1 unspecified atom stereocenters. The number of aryl methyl sites for hydroxylation is 1. The Morgan fingerprint density at radius 2 is 2.11 bits per heavy atom. The molecular weight excluding hydrogens is 368 g/mol. The zero-order chi connectivity index (χ0) is 19.7. The Morgan fingerprint density at radius 3 is 2.82 bits per heavy atom. The smallest absolute Gasteiger partial charge is 0.282 e. The van der Waals surface area contributed by atoms with Crippen LogP contribution in [0.3, 0.4) is 0 Å². The number of halogens is 2. The van der Waals surface area contributed by atoms with Crippen molar-refractivity contribution < 1.29 is 23.0 Å². The van der Waals surface area contributed by atoms with Crippen molar-refractivity contribution >= 4 is 5.91 Å². The molecule has 0 aliphatic carbocycles. The van der Waals surface area contributed by atoms with Gasteiger partial charge in [-0.05, 0) is 19.1 Å². The summed E-state index contributed by atoms with van der Waals surface area (Å²) in [7, 11) is 0. The number of fused-ring (bicyclic) bond motifs is 1. The molecule has 0 saturated carbocycles. The van der Waals surface area contributed by atoms with Crippen molar-refractivity contribution in [3.8, 4) is 5.75 Å². The number of hydrogen-bond donors (Lipinski definition) is 1. The molecule has 3 heterocycles. The molecule has 6 nitrogen and oxygen atoms in total. The molecule has 4 rings (SSSR count). The number of nitrogens with one attached hydrogen (secondary N) is 1. The molecule has 0 radical (unpaired) electrons. The SMILES string of the molecule is Cc1cc(C(F)F)nn1CC(=O)NC1CC2(CCOCC2)Oc2ccccc21. The van der Waals surface area contributed by atoms with Crippen LogP contribution in [0, 0.1) is 6.92 Å². The first-order valence-electron chi connectivity index (χ1n) is 9.43. The number of alkyl halides is 2. The highest BCUT2D eigenvalue weighted by atomic mass is 19.3. The number of amides is 1. The largest absolute Gasteiger partial charge is 0.487 e. The van der Waals surface area contributed by atoms with Gasteiger partial charge in [-0.2, -0.15) is 5.10 Å². The summed E-state index contributed by atoms with van der Waals surface area (Å²) >= 11 is 0. The van der Waals surface area contributed by atoms with Crippen molar-refractivity contribution in [2.24, 2.45) is 0 Å². The van der Waals surface area contributed by atoms with Gasteiger partial charge in [-0.15, -0.1) is 0 Å². The Balaban J connectivity index is 1.52. The quantitative estimate of drug-likeness (QED) is 0.868. The number of carbonyl (C=O) groups excluding carboxylic acids is 1. The molecule has 1 atom stereocenters. The van der Waals surface area contributed by atoms with Crippen LogP contribution in [0.15, 0.2) is 30.3 Å². The second-order valence-electron chi connectivity index (χ2n) is 7.43. The number of ether oxygens (including phenoxy) is 2. The molecule has 1 aromatic carbocycles. The van der Waals surface area contributed by atoms with Gasteiger partial charge in [0.2, 0.25) is 5.91 Å². The van der Waals surface area contributed by atoms with Gasteiger partial charge in [-0.3, -0.25) is 9.48 Å². The lowest BCUT2D eigenvalue weighted by Crippen LogP contribution is -2.49. The summed E-state index contributed by atoms with van der Waals surface area (Å²) in [6, 6.07) is 8.78. The molecule has 1 spiro atoms. The van der Waals surface area contributed by atoms with E-state index in [9.17, 15) is 13.6 Å². The Kier molecular flexibility index (Phi) is 5.05. The van der Waals surface area contributed by atoms with Gasteiger partial charge < -0.3 is 14.8 Å². The van der Waals surface area contributed by atoms with E-state index < -0.39 is 6.43 Å². The molecule has 2 aliphatic heterocycles. The summed E-state index contributed by atoms with van der Waals surface area (Å²) in [6.45, 7) is 2.82. The highest BCUT2D eigenvalue weighted by Gasteiger charge is 2.42. The minimum absolute atomic E-state index is 0.103. The maximum absolute atomic E-state index is 12.8. The van der Waals surface area contributed by atoms with Gasteiger partial charge in [0.1, 0.15) is 23.6 Å². The summed E-state index contributed by atoms with van der Waals surface area (Å²) in [5.41, 5.74) is 0.787. The molecule has 28 heavy (non-hydrogen) atoms. The van der Waals surface area contributed by atoms with Crippen molar-refractivity contribution in [1.82, 2.24) is 15.1 Å². The molecule has 1 fully saturated rings. The Morgan fingerprint density at radius 1 is 1.36 bits per heavy atom. The molecule has 0 bridgehead atoms. The lowest BCUT2D eigenvalue weighted by molar-refractivity contribution is -0.124. The summed E-state index contributed by atoms with van der Waals surface area (Å²) in [5, 5.41) is 6.89. The Hall–Kier alpha value is -2.48. The molecule has 2 aromatic rings. The number of para-hydroxylation sites is 1. The molecule has 1 N–H and O–H groups in total.